The molecule has 0 aliphatic carbocycles. The van der Waals surface area contributed by atoms with Crippen molar-refractivity contribution >= 4 is 17.7 Å². The fraction of sp³-hybridized carbons (Fsp3) is 0.125. The van der Waals surface area contributed by atoms with Gasteiger partial charge in [-0.25, -0.2) is 9.97 Å². The molecule has 1 aromatic rings. The Kier molecular flexibility index (Phi) is 5.52. The van der Waals surface area contributed by atoms with Crippen molar-refractivity contribution in [2.75, 3.05) is 0 Å². The van der Waals surface area contributed by atoms with Gasteiger partial charge in [0, 0.05) is 11.1 Å². The second kappa shape index (κ2) is 7.17. The number of allylic oxidation sites excluding steroid dienone is 6. The molecule has 0 atom stereocenters. The van der Waals surface area contributed by atoms with E-state index in [1.54, 1.807) is 18.5 Å². The van der Waals surface area contributed by atoms with Crippen LogP contribution in [-0.2, 0) is 0 Å². The normalized spacial score (nSPS) is 12.2. The van der Waals surface area contributed by atoms with Crippen molar-refractivity contribution in [3.63, 3.8) is 0 Å². The van der Waals surface area contributed by atoms with Crippen LogP contribution >= 0.6 is 0 Å². The van der Waals surface area contributed by atoms with Crippen LogP contribution in [0.25, 0.3) is 17.7 Å². The number of aromatic nitrogens is 2. The van der Waals surface area contributed by atoms with Gasteiger partial charge in [0.2, 0.25) is 0 Å². The molecular weight excluding hydrogens is 220 g/mol. The van der Waals surface area contributed by atoms with Crippen LogP contribution in [0.15, 0.2) is 49.9 Å². The molecular formula is C16H18N2. The summed E-state index contributed by atoms with van der Waals surface area (Å²) in [5, 5.41) is 0. The first-order chi connectivity index (χ1) is 8.78. The van der Waals surface area contributed by atoms with Crippen molar-refractivity contribution in [2.45, 2.75) is 13.8 Å². The molecule has 0 aliphatic heterocycles. The molecule has 0 N–H and O–H groups in total. The van der Waals surface area contributed by atoms with Crippen molar-refractivity contribution in [2.24, 2.45) is 0 Å². The summed E-state index contributed by atoms with van der Waals surface area (Å²) in [6, 6.07) is 0. The topological polar surface area (TPSA) is 25.8 Å². The van der Waals surface area contributed by atoms with Gasteiger partial charge < -0.3 is 0 Å². The molecule has 0 aliphatic rings. The Hall–Kier alpha value is -2.22. The van der Waals surface area contributed by atoms with E-state index >= 15 is 0 Å². The van der Waals surface area contributed by atoms with E-state index in [0.29, 0.717) is 0 Å². The second-order valence-corrected chi connectivity index (χ2v) is 3.58. The molecule has 1 heterocycles. The molecule has 0 bridgehead atoms. The molecule has 0 radical (unpaired) electrons. The smallest absolute Gasteiger partial charge is 0.116 e. The largest absolute Gasteiger partial charge is 0.236 e. The maximum Gasteiger partial charge on any atom is 0.116 e. The lowest BCUT2D eigenvalue weighted by atomic mass is 10.0. The van der Waals surface area contributed by atoms with E-state index < -0.39 is 0 Å². The third kappa shape index (κ3) is 3.14. The molecule has 0 aromatic carbocycles. The summed E-state index contributed by atoms with van der Waals surface area (Å²) >= 11 is 0. The Labute approximate surface area is 109 Å². The standard InChI is InChI=1S/C16H18N2/c1-5-9-11-13(7-3)16-14(8-4)15(10-6-2)17-12-18-16/h5-12H,3-4H2,1-2H3/b9-5-,10-6-,13-11+. The van der Waals surface area contributed by atoms with E-state index in [2.05, 4.69) is 23.1 Å². The van der Waals surface area contributed by atoms with Gasteiger partial charge in [0.15, 0.2) is 0 Å². The van der Waals surface area contributed by atoms with E-state index in [4.69, 9.17) is 0 Å². The summed E-state index contributed by atoms with van der Waals surface area (Å²) < 4.78 is 0. The van der Waals surface area contributed by atoms with E-state index in [-0.39, 0.29) is 0 Å². The average Bonchev–Trinajstić information content (AvgIpc) is 2.40. The van der Waals surface area contributed by atoms with E-state index in [0.717, 1.165) is 22.5 Å². The molecule has 0 spiro atoms. The van der Waals surface area contributed by atoms with E-state index in [1.807, 2.05) is 44.2 Å². The van der Waals surface area contributed by atoms with Crippen molar-refractivity contribution in [1.29, 1.82) is 0 Å². The van der Waals surface area contributed by atoms with Gasteiger partial charge in [0.05, 0.1) is 11.4 Å². The summed E-state index contributed by atoms with van der Waals surface area (Å²) in [7, 11) is 0. The molecule has 0 saturated heterocycles. The van der Waals surface area contributed by atoms with Gasteiger partial charge in [-0.15, -0.1) is 0 Å². The summed E-state index contributed by atoms with van der Waals surface area (Å²) in [6.45, 7) is 11.6. The van der Waals surface area contributed by atoms with Gasteiger partial charge in [-0.3, -0.25) is 0 Å². The molecule has 1 rings (SSSR count). The highest BCUT2D eigenvalue weighted by molar-refractivity contribution is 5.80. The minimum absolute atomic E-state index is 0.848. The zero-order valence-corrected chi connectivity index (χ0v) is 10.9. The Balaban J connectivity index is 3.43. The minimum Gasteiger partial charge on any atom is -0.236 e. The molecule has 0 fully saturated rings. The maximum atomic E-state index is 4.33. The average molecular weight is 238 g/mol. The quantitative estimate of drug-likeness (QED) is 0.715. The summed E-state index contributed by atoms with van der Waals surface area (Å²) in [5.41, 5.74) is 3.59. The second-order valence-electron chi connectivity index (χ2n) is 3.58. The zero-order valence-electron chi connectivity index (χ0n) is 10.9. The van der Waals surface area contributed by atoms with Crippen LogP contribution < -0.4 is 0 Å². The predicted octanol–water partition coefficient (Wildman–Crippen LogP) is 4.30. The third-order valence-electron chi connectivity index (χ3n) is 2.40. The van der Waals surface area contributed by atoms with Crippen LogP contribution in [-0.4, -0.2) is 9.97 Å². The lowest BCUT2D eigenvalue weighted by Crippen LogP contribution is -1.97. The van der Waals surface area contributed by atoms with Gasteiger partial charge in [-0.2, -0.15) is 0 Å². The zero-order chi connectivity index (χ0) is 13.4. The molecule has 2 nitrogen and oxygen atoms in total. The molecule has 0 amide bonds. The fourth-order valence-electron chi connectivity index (χ4n) is 1.57. The SMILES string of the molecule is C=C/C(=C\C=C/C)c1ncnc(/C=C\C)c1C=C. The molecule has 92 valence electrons. The Morgan fingerprint density at radius 1 is 1.17 bits per heavy atom. The molecule has 1 aromatic heterocycles. The Bertz CT molecular complexity index is 520. The van der Waals surface area contributed by atoms with Gasteiger partial charge in [-0.05, 0) is 19.9 Å². The van der Waals surface area contributed by atoms with Crippen molar-refractivity contribution in [1.82, 2.24) is 9.97 Å². The van der Waals surface area contributed by atoms with Crippen LogP contribution in [0.4, 0.5) is 0 Å². The molecule has 0 unspecified atom stereocenters. The summed E-state index contributed by atoms with van der Waals surface area (Å²) in [6.07, 6.45) is 14.9. The Morgan fingerprint density at radius 3 is 2.50 bits per heavy atom. The van der Waals surface area contributed by atoms with Crippen molar-refractivity contribution < 1.29 is 0 Å². The first kappa shape index (κ1) is 13.8. The molecule has 0 saturated carbocycles. The van der Waals surface area contributed by atoms with Crippen LogP contribution in [0.3, 0.4) is 0 Å². The lowest BCUT2D eigenvalue weighted by Gasteiger charge is -2.07. The maximum absolute atomic E-state index is 4.33. The lowest BCUT2D eigenvalue weighted by molar-refractivity contribution is 1.12. The van der Waals surface area contributed by atoms with Crippen LogP contribution in [0, 0.1) is 0 Å². The highest BCUT2D eigenvalue weighted by Crippen LogP contribution is 2.21. The van der Waals surface area contributed by atoms with Gasteiger partial charge in [0.25, 0.3) is 0 Å². The number of rotatable bonds is 5. The van der Waals surface area contributed by atoms with Crippen LogP contribution in [0.1, 0.15) is 30.8 Å². The molecule has 2 heteroatoms. The highest BCUT2D eigenvalue weighted by Gasteiger charge is 2.08. The number of hydrogen-bond donors (Lipinski definition) is 0. The van der Waals surface area contributed by atoms with E-state index in [9.17, 15) is 0 Å². The van der Waals surface area contributed by atoms with Gasteiger partial charge in [0.1, 0.15) is 6.33 Å². The highest BCUT2D eigenvalue weighted by atomic mass is 14.8. The van der Waals surface area contributed by atoms with Gasteiger partial charge in [-0.1, -0.05) is 49.6 Å². The van der Waals surface area contributed by atoms with Crippen molar-refractivity contribution in [3.8, 4) is 0 Å². The first-order valence-electron chi connectivity index (χ1n) is 5.84. The fourth-order valence-corrected chi connectivity index (χ4v) is 1.57. The van der Waals surface area contributed by atoms with Crippen LogP contribution in [0.5, 0.6) is 0 Å². The number of nitrogens with zero attached hydrogens (tertiary/aromatic N) is 2. The summed E-state index contributed by atoms with van der Waals surface area (Å²) in [5.74, 6) is 0. The monoisotopic (exact) mass is 238 g/mol. The predicted molar refractivity (Wildman–Crippen MR) is 79.8 cm³/mol. The first-order valence-corrected chi connectivity index (χ1v) is 5.84. The Morgan fingerprint density at radius 2 is 1.94 bits per heavy atom. The van der Waals surface area contributed by atoms with Gasteiger partial charge >= 0.3 is 0 Å². The van der Waals surface area contributed by atoms with Crippen molar-refractivity contribution in [3.05, 3.63) is 66.8 Å². The minimum atomic E-state index is 0.848. The molecule has 18 heavy (non-hydrogen) atoms. The summed E-state index contributed by atoms with van der Waals surface area (Å²) in [4.78, 5) is 8.58. The van der Waals surface area contributed by atoms with Crippen LogP contribution in [0.2, 0.25) is 0 Å². The number of hydrogen-bond acceptors (Lipinski definition) is 2. The van der Waals surface area contributed by atoms with E-state index in [1.165, 1.54) is 0 Å². The third-order valence-corrected chi connectivity index (χ3v) is 2.40.